The Hall–Kier alpha value is -1.91. The summed E-state index contributed by atoms with van der Waals surface area (Å²) in [6.07, 6.45) is 1.24. The zero-order valence-electron chi connectivity index (χ0n) is 8.06. The lowest BCUT2D eigenvalue weighted by Crippen LogP contribution is -2.26. The first-order valence-corrected chi connectivity index (χ1v) is 4.43. The van der Waals surface area contributed by atoms with Crippen LogP contribution in [0.15, 0.2) is 18.3 Å². The largest absolute Gasteiger partial charge is 0.481 e. The summed E-state index contributed by atoms with van der Waals surface area (Å²) in [6.45, 7) is 1.55. The molecule has 0 amide bonds. The van der Waals surface area contributed by atoms with Crippen LogP contribution in [0.3, 0.4) is 0 Å². The molecule has 0 saturated carbocycles. The molecule has 2 rings (SSSR count). The number of carbonyl (C=O) groups excluding carboxylic acids is 1. The van der Waals surface area contributed by atoms with Gasteiger partial charge in [-0.15, -0.1) is 0 Å². The molecule has 0 saturated heterocycles. The highest BCUT2D eigenvalue weighted by Gasteiger charge is 2.44. The molecule has 1 atom stereocenters. The number of cyclic esters (lactones) is 1. The van der Waals surface area contributed by atoms with E-state index in [4.69, 9.17) is 9.84 Å². The molecule has 0 unspecified atom stereocenters. The molecule has 1 aliphatic rings. The highest BCUT2D eigenvalue weighted by atomic mass is 16.6. The van der Waals surface area contributed by atoms with Crippen molar-refractivity contribution in [1.82, 2.24) is 4.98 Å². The Bertz CT molecular complexity index is 439. The van der Waals surface area contributed by atoms with Gasteiger partial charge in [0.25, 0.3) is 0 Å². The molecular formula is C10H9NO4. The summed E-state index contributed by atoms with van der Waals surface area (Å²) in [5.74, 6) is -1.54. The molecule has 0 radical (unpaired) electrons. The van der Waals surface area contributed by atoms with Crippen LogP contribution in [-0.4, -0.2) is 22.0 Å². The van der Waals surface area contributed by atoms with Crippen LogP contribution < -0.4 is 0 Å². The van der Waals surface area contributed by atoms with Gasteiger partial charge in [0.15, 0.2) is 5.60 Å². The van der Waals surface area contributed by atoms with Crippen LogP contribution in [0.4, 0.5) is 0 Å². The predicted octanol–water partition coefficient (Wildman–Crippen LogP) is 0.942. The minimum absolute atomic E-state index is 0.275. The van der Waals surface area contributed by atoms with Crippen LogP contribution in [0.5, 0.6) is 0 Å². The molecule has 2 heterocycles. The fourth-order valence-corrected chi connectivity index (χ4v) is 1.71. The van der Waals surface area contributed by atoms with E-state index in [1.54, 1.807) is 19.1 Å². The number of carboxylic acids is 1. The van der Waals surface area contributed by atoms with Crippen LogP contribution in [0.2, 0.25) is 0 Å². The predicted molar refractivity (Wildman–Crippen MR) is 49.3 cm³/mol. The van der Waals surface area contributed by atoms with Crippen molar-refractivity contribution in [3.05, 3.63) is 29.6 Å². The maximum Gasteiger partial charge on any atom is 0.341 e. The van der Waals surface area contributed by atoms with Gasteiger partial charge in [-0.25, -0.2) is 4.79 Å². The van der Waals surface area contributed by atoms with E-state index in [1.165, 1.54) is 6.20 Å². The number of rotatable bonds is 2. The van der Waals surface area contributed by atoms with E-state index in [-0.39, 0.29) is 6.42 Å². The van der Waals surface area contributed by atoms with Crippen molar-refractivity contribution >= 4 is 11.9 Å². The summed E-state index contributed by atoms with van der Waals surface area (Å²) in [7, 11) is 0. The van der Waals surface area contributed by atoms with Gasteiger partial charge in [-0.1, -0.05) is 0 Å². The number of esters is 1. The average molecular weight is 207 g/mol. The molecule has 1 aromatic heterocycles. The second kappa shape index (κ2) is 3.05. The lowest BCUT2D eigenvalue weighted by Gasteiger charge is -2.20. The van der Waals surface area contributed by atoms with E-state index in [0.29, 0.717) is 11.3 Å². The number of fused-ring (bicyclic) bond motifs is 1. The molecule has 0 aliphatic carbocycles. The van der Waals surface area contributed by atoms with E-state index in [2.05, 4.69) is 4.98 Å². The molecule has 1 aliphatic heterocycles. The van der Waals surface area contributed by atoms with Crippen molar-refractivity contribution in [3.8, 4) is 0 Å². The molecule has 0 fully saturated rings. The fraction of sp³-hybridized carbons (Fsp3) is 0.300. The minimum Gasteiger partial charge on any atom is -0.481 e. The maximum absolute atomic E-state index is 11.4. The number of pyridine rings is 1. The smallest absolute Gasteiger partial charge is 0.341 e. The minimum atomic E-state index is -1.14. The van der Waals surface area contributed by atoms with E-state index >= 15 is 0 Å². The number of hydrogen-bond donors (Lipinski definition) is 1. The van der Waals surface area contributed by atoms with Gasteiger partial charge >= 0.3 is 11.9 Å². The maximum atomic E-state index is 11.4. The molecule has 1 N–H and O–H groups in total. The van der Waals surface area contributed by atoms with E-state index < -0.39 is 17.5 Å². The summed E-state index contributed by atoms with van der Waals surface area (Å²) in [4.78, 5) is 26.1. The summed E-state index contributed by atoms with van der Waals surface area (Å²) in [6, 6.07) is 3.20. The van der Waals surface area contributed by atoms with Gasteiger partial charge < -0.3 is 9.84 Å². The molecule has 1 aromatic rings. The molecule has 0 bridgehead atoms. The first-order chi connectivity index (χ1) is 7.03. The number of aliphatic carboxylic acids is 1. The van der Waals surface area contributed by atoms with E-state index in [0.717, 1.165) is 0 Å². The average Bonchev–Trinajstić information content (AvgIpc) is 2.39. The number of hydrogen-bond acceptors (Lipinski definition) is 4. The Labute approximate surface area is 85.7 Å². The third-order valence-electron chi connectivity index (χ3n) is 2.34. The fourth-order valence-electron chi connectivity index (χ4n) is 1.71. The SMILES string of the molecule is C[C@]1(CC(=O)O)OC(=O)c2cccnc21. The Morgan fingerprint density at radius 1 is 1.67 bits per heavy atom. The van der Waals surface area contributed by atoms with Crippen LogP contribution in [0.25, 0.3) is 0 Å². The van der Waals surface area contributed by atoms with Crippen molar-refractivity contribution in [2.45, 2.75) is 18.9 Å². The van der Waals surface area contributed by atoms with E-state index in [1.807, 2.05) is 0 Å². The van der Waals surface area contributed by atoms with Crippen molar-refractivity contribution in [2.75, 3.05) is 0 Å². The molecule has 5 heteroatoms. The van der Waals surface area contributed by atoms with Crippen molar-refractivity contribution in [3.63, 3.8) is 0 Å². The second-order valence-corrected chi connectivity index (χ2v) is 3.59. The molecule has 78 valence electrons. The Balaban J connectivity index is 2.47. The summed E-state index contributed by atoms with van der Waals surface area (Å²) in [5, 5.41) is 8.73. The van der Waals surface area contributed by atoms with Gasteiger partial charge in [-0.3, -0.25) is 9.78 Å². The number of aromatic nitrogens is 1. The number of nitrogens with zero attached hydrogens (tertiary/aromatic N) is 1. The third-order valence-corrected chi connectivity index (χ3v) is 2.34. The number of carboxylic acid groups (broad SMARTS) is 1. The Morgan fingerprint density at radius 2 is 2.40 bits per heavy atom. The van der Waals surface area contributed by atoms with Crippen molar-refractivity contribution in [2.24, 2.45) is 0 Å². The molecular weight excluding hydrogens is 198 g/mol. The van der Waals surface area contributed by atoms with Crippen molar-refractivity contribution < 1.29 is 19.4 Å². The van der Waals surface area contributed by atoms with Gasteiger partial charge in [0, 0.05) is 6.20 Å². The Morgan fingerprint density at radius 3 is 3.07 bits per heavy atom. The Kier molecular flexibility index (Phi) is 1.96. The molecule has 0 spiro atoms. The zero-order chi connectivity index (χ0) is 11.1. The quantitative estimate of drug-likeness (QED) is 0.730. The van der Waals surface area contributed by atoms with Crippen LogP contribution in [0, 0.1) is 0 Å². The topological polar surface area (TPSA) is 76.5 Å². The lowest BCUT2D eigenvalue weighted by atomic mass is 9.96. The van der Waals surface area contributed by atoms with Gasteiger partial charge in [-0.05, 0) is 19.1 Å². The standard InChI is InChI=1S/C10H9NO4/c1-10(5-7(12)13)8-6(9(14)15-10)3-2-4-11-8/h2-4H,5H2,1H3,(H,12,13)/t10-/m1/s1. The highest BCUT2D eigenvalue weighted by molar-refractivity contribution is 5.94. The van der Waals surface area contributed by atoms with Crippen molar-refractivity contribution in [1.29, 1.82) is 0 Å². The third kappa shape index (κ3) is 1.45. The van der Waals surface area contributed by atoms with Gasteiger partial charge in [-0.2, -0.15) is 0 Å². The number of carbonyl (C=O) groups is 2. The van der Waals surface area contributed by atoms with Gasteiger partial charge in [0.2, 0.25) is 0 Å². The van der Waals surface area contributed by atoms with Gasteiger partial charge in [0.05, 0.1) is 17.7 Å². The van der Waals surface area contributed by atoms with Gasteiger partial charge in [0.1, 0.15) is 0 Å². The first kappa shape index (κ1) is 9.64. The lowest BCUT2D eigenvalue weighted by molar-refractivity contribution is -0.142. The molecule has 5 nitrogen and oxygen atoms in total. The summed E-state index contributed by atoms with van der Waals surface area (Å²) in [5.41, 5.74) is -0.391. The zero-order valence-corrected chi connectivity index (χ0v) is 8.06. The second-order valence-electron chi connectivity index (χ2n) is 3.59. The van der Waals surface area contributed by atoms with E-state index in [9.17, 15) is 9.59 Å². The van der Waals surface area contributed by atoms with Crippen LogP contribution >= 0.6 is 0 Å². The summed E-state index contributed by atoms with van der Waals surface area (Å²) < 4.78 is 5.05. The molecule has 15 heavy (non-hydrogen) atoms. The first-order valence-electron chi connectivity index (χ1n) is 4.43. The normalized spacial score (nSPS) is 23.4. The highest BCUT2D eigenvalue weighted by Crippen LogP contribution is 2.36. The number of ether oxygens (including phenoxy) is 1. The van der Waals surface area contributed by atoms with Crippen LogP contribution in [0.1, 0.15) is 29.4 Å². The van der Waals surface area contributed by atoms with Crippen LogP contribution in [-0.2, 0) is 15.1 Å². The summed E-state index contributed by atoms with van der Waals surface area (Å²) >= 11 is 0. The monoisotopic (exact) mass is 207 g/mol. The molecule has 0 aromatic carbocycles.